The summed E-state index contributed by atoms with van der Waals surface area (Å²) in [5.74, 6) is 0.800. The van der Waals surface area contributed by atoms with E-state index < -0.39 is 10.4 Å². The number of rotatable bonds is 1. The normalized spacial score (nSPS) is 13.5. The maximum Gasteiger partial charge on any atom is 0.394 e. The number of ether oxygens (including phenoxy) is 1. The van der Waals surface area contributed by atoms with Crippen LogP contribution < -0.4 is 9.64 Å². The molecule has 0 radical (unpaired) electrons. The molecule has 1 heterocycles. The van der Waals surface area contributed by atoms with E-state index in [0.29, 0.717) is 5.75 Å². The van der Waals surface area contributed by atoms with Crippen LogP contribution in [0.3, 0.4) is 0 Å². The van der Waals surface area contributed by atoms with E-state index in [0.717, 1.165) is 23.7 Å². The summed E-state index contributed by atoms with van der Waals surface area (Å²) in [6, 6.07) is 12.4. The zero-order valence-electron chi connectivity index (χ0n) is 14.3. The van der Waals surface area contributed by atoms with Crippen molar-refractivity contribution in [3.63, 3.8) is 0 Å². The first-order valence-corrected chi connectivity index (χ1v) is 9.25. The van der Waals surface area contributed by atoms with Gasteiger partial charge in [-0.05, 0) is 34.9 Å². The molecule has 3 aromatic rings. The molecular weight excluding hydrogens is 358 g/mol. The summed E-state index contributed by atoms with van der Waals surface area (Å²) >= 11 is 0. The van der Waals surface area contributed by atoms with Gasteiger partial charge in [0.1, 0.15) is 0 Å². The van der Waals surface area contributed by atoms with Gasteiger partial charge in [-0.3, -0.25) is 9.11 Å². The fourth-order valence-electron chi connectivity index (χ4n) is 3.44. The van der Waals surface area contributed by atoms with E-state index in [2.05, 4.69) is 30.1 Å². The van der Waals surface area contributed by atoms with E-state index in [1.807, 2.05) is 18.2 Å². The predicted molar refractivity (Wildman–Crippen MR) is 101 cm³/mol. The Balaban J connectivity index is 0.000000349. The van der Waals surface area contributed by atoms with Crippen LogP contribution in [-0.4, -0.2) is 43.3 Å². The van der Waals surface area contributed by atoms with E-state index in [4.69, 9.17) is 22.3 Å². The van der Waals surface area contributed by atoms with Crippen LogP contribution in [-0.2, 0) is 16.8 Å². The third kappa shape index (κ3) is 3.39. The molecule has 4 rings (SSSR count). The summed E-state index contributed by atoms with van der Waals surface area (Å²) < 4.78 is 37.1. The molecule has 0 aromatic heterocycles. The zero-order valence-corrected chi connectivity index (χ0v) is 15.1. The largest absolute Gasteiger partial charge is 0.504 e. The van der Waals surface area contributed by atoms with Gasteiger partial charge in [-0.15, -0.1) is 0 Å². The third-order valence-electron chi connectivity index (χ3n) is 4.45. The highest BCUT2D eigenvalue weighted by molar-refractivity contribution is 7.79. The van der Waals surface area contributed by atoms with Crippen LogP contribution in [0.15, 0.2) is 36.4 Å². The molecule has 7 nitrogen and oxygen atoms in total. The second-order valence-corrected chi connectivity index (χ2v) is 6.97. The van der Waals surface area contributed by atoms with Gasteiger partial charge < -0.3 is 14.7 Å². The number of aromatic hydroxyl groups is 1. The van der Waals surface area contributed by atoms with Crippen LogP contribution in [0, 0.1) is 0 Å². The van der Waals surface area contributed by atoms with Crippen molar-refractivity contribution in [2.45, 2.75) is 6.42 Å². The average Bonchev–Trinajstić information content (AvgIpc) is 2.56. The Labute approximate surface area is 151 Å². The minimum absolute atomic E-state index is 0.229. The minimum atomic E-state index is -4.67. The summed E-state index contributed by atoms with van der Waals surface area (Å²) in [5, 5.41) is 14.8. The topological polar surface area (TPSA) is 107 Å². The summed E-state index contributed by atoms with van der Waals surface area (Å²) in [7, 11) is -0.934. The van der Waals surface area contributed by atoms with Gasteiger partial charge in [0.25, 0.3) is 0 Å². The number of hydrogen-bond donors (Lipinski definition) is 3. The van der Waals surface area contributed by atoms with Gasteiger partial charge in [0.05, 0.1) is 7.11 Å². The number of phenols is 1. The molecule has 0 aliphatic carbocycles. The van der Waals surface area contributed by atoms with Crippen LogP contribution in [0.4, 0.5) is 5.69 Å². The minimum Gasteiger partial charge on any atom is -0.504 e. The number of anilines is 1. The van der Waals surface area contributed by atoms with Crippen molar-refractivity contribution in [3.8, 4) is 11.5 Å². The Morgan fingerprint density at radius 1 is 1.12 bits per heavy atom. The van der Waals surface area contributed by atoms with Gasteiger partial charge in [0.15, 0.2) is 11.5 Å². The molecule has 0 spiro atoms. The number of benzene rings is 3. The number of phenolic OH excluding ortho intramolecular Hbond substituents is 1. The van der Waals surface area contributed by atoms with E-state index in [1.54, 1.807) is 7.11 Å². The monoisotopic (exact) mass is 377 g/mol. The lowest BCUT2D eigenvalue weighted by Crippen LogP contribution is -2.24. The zero-order chi connectivity index (χ0) is 19.1. The van der Waals surface area contributed by atoms with Crippen LogP contribution in [0.5, 0.6) is 11.5 Å². The quantitative estimate of drug-likeness (QED) is 0.442. The molecule has 0 saturated heterocycles. The Morgan fingerprint density at radius 2 is 1.77 bits per heavy atom. The van der Waals surface area contributed by atoms with Crippen molar-refractivity contribution in [1.29, 1.82) is 0 Å². The fraction of sp³-hybridized carbons (Fsp3) is 0.222. The first-order chi connectivity index (χ1) is 12.2. The molecule has 3 N–H and O–H groups in total. The van der Waals surface area contributed by atoms with Crippen LogP contribution in [0.25, 0.3) is 21.5 Å². The molecule has 1 aliphatic rings. The molecule has 8 heteroatoms. The van der Waals surface area contributed by atoms with Gasteiger partial charge >= 0.3 is 10.4 Å². The summed E-state index contributed by atoms with van der Waals surface area (Å²) in [6.07, 6.45) is 0.940. The summed E-state index contributed by atoms with van der Waals surface area (Å²) in [5.41, 5.74) is 2.41. The molecule has 0 unspecified atom stereocenters. The van der Waals surface area contributed by atoms with Crippen molar-refractivity contribution in [2.24, 2.45) is 0 Å². The Morgan fingerprint density at radius 3 is 2.42 bits per heavy atom. The van der Waals surface area contributed by atoms with Crippen molar-refractivity contribution in [2.75, 3.05) is 25.6 Å². The third-order valence-corrected chi connectivity index (χ3v) is 4.45. The number of fused-ring (bicyclic) bond motifs is 2. The first-order valence-electron chi connectivity index (χ1n) is 7.86. The average molecular weight is 377 g/mol. The number of methoxy groups -OCH3 is 1. The SMILES string of the molecule is COc1c(O)cc2c3c(cc4ccccc4c13)N(C)CC2.O=S(=O)(O)O. The molecule has 0 atom stereocenters. The molecule has 138 valence electrons. The Hall–Kier alpha value is -2.55. The molecule has 0 bridgehead atoms. The van der Waals surface area contributed by atoms with Crippen molar-refractivity contribution >= 4 is 37.6 Å². The first kappa shape index (κ1) is 18.2. The highest BCUT2D eigenvalue weighted by Crippen LogP contribution is 2.46. The van der Waals surface area contributed by atoms with Crippen molar-refractivity contribution in [1.82, 2.24) is 0 Å². The molecular formula is C18H19NO6S. The van der Waals surface area contributed by atoms with Gasteiger partial charge in [-0.25, -0.2) is 0 Å². The van der Waals surface area contributed by atoms with E-state index in [-0.39, 0.29) is 5.75 Å². The van der Waals surface area contributed by atoms with Gasteiger partial charge in [-0.1, -0.05) is 24.3 Å². The highest BCUT2D eigenvalue weighted by Gasteiger charge is 2.22. The van der Waals surface area contributed by atoms with E-state index in [9.17, 15) is 5.11 Å². The molecule has 3 aromatic carbocycles. The summed E-state index contributed by atoms with van der Waals surface area (Å²) in [6.45, 7) is 0.964. The van der Waals surface area contributed by atoms with Crippen LogP contribution >= 0.6 is 0 Å². The maximum absolute atomic E-state index is 10.3. The summed E-state index contributed by atoms with van der Waals surface area (Å²) in [4.78, 5) is 2.28. The molecule has 0 saturated carbocycles. The number of nitrogens with zero attached hydrogens (tertiary/aromatic N) is 1. The molecule has 0 amide bonds. The van der Waals surface area contributed by atoms with E-state index in [1.165, 1.54) is 22.0 Å². The van der Waals surface area contributed by atoms with Gasteiger partial charge in [0, 0.05) is 30.1 Å². The molecule has 0 fully saturated rings. The number of hydrogen-bond acceptors (Lipinski definition) is 5. The predicted octanol–water partition coefficient (Wildman–Crippen LogP) is 3.05. The highest BCUT2D eigenvalue weighted by atomic mass is 32.3. The van der Waals surface area contributed by atoms with Crippen LogP contribution in [0.2, 0.25) is 0 Å². The smallest absolute Gasteiger partial charge is 0.394 e. The lowest BCUT2D eigenvalue weighted by molar-refractivity contribution is 0.378. The van der Waals surface area contributed by atoms with Crippen molar-refractivity contribution in [3.05, 3.63) is 42.0 Å². The standard InChI is InChI=1S/C18H17NO2.H2O4S/c1-19-8-7-12-10-15(20)18(21-2)17-13-6-4-3-5-11(13)9-14(19)16(12)17;1-5(2,3)4/h3-6,9-10,20H,7-8H2,1-2H3;(H2,1,2,3,4). The van der Waals surface area contributed by atoms with Crippen molar-refractivity contribution < 1.29 is 27.4 Å². The Kier molecular flexibility index (Phi) is 4.66. The fourth-order valence-corrected chi connectivity index (χ4v) is 3.44. The van der Waals surface area contributed by atoms with Gasteiger partial charge in [-0.2, -0.15) is 8.42 Å². The molecule has 1 aliphatic heterocycles. The second-order valence-electron chi connectivity index (χ2n) is 6.07. The Bertz CT molecular complexity index is 1090. The second kappa shape index (κ2) is 6.64. The van der Waals surface area contributed by atoms with Crippen LogP contribution in [0.1, 0.15) is 5.56 Å². The van der Waals surface area contributed by atoms with E-state index >= 15 is 0 Å². The lowest BCUT2D eigenvalue weighted by atomic mass is 9.91. The maximum atomic E-state index is 10.3. The lowest BCUT2D eigenvalue weighted by Gasteiger charge is -2.29. The van der Waals surface area contributed by atoms with Gasteiger partial charge in [0.2, 0.25) is 0 Å². The number of likely N-dealkylation sites (N-methyl/N-ethyl adjacent to an activating group) is 1. The molecule has 26 heavy (non-hydrogen) atoms.